The monoisotopic (exact) mass is 724 g/mol. The van der Waals surface area contributed by atoms with Crippen molar-refractivity contribution in [3.63, 3.8) is 0 Å². The average molecular weight is 725 g/mol. The Morgan fingerprint density at radius 2 is 0.930 bits per heavy atom. The summed E-state index contributed by atoms with van der Waals surface area (Å²) in [5, 5.41) is 5.13. The summed E-state index contributed by atoms with van der Waals surface area (Å²) in [4.78, 5) is 0. The zero-order valence-electron chi connectivity index (χ0n) is 31.2. The number of ether oxygens (including phenoxy) is 1. The highest BCUT2D eigenvalue weighted by Crippen LogP contribution is 2.58. The van der Waals surface area contributed by atoms with Crippen molar-refractivity contribution in [2.45, 2.75) is 12.0 Å². The van der Waals surface area contributed by atoms with Gasteiger partial charge in [0.15, 0.2) is 0 Å². The van der Waals surface area contributed by atoms with E-state index in [2.05, 4.69) is 206 Å². The molecule has 0 radical (unpaired) electrons. The lowest BCUT2D eigenvalue weighted by molar-refractivity contribution is 0.269. The molecule has 0 fully saturated rings. The van der Waals surface area contributed by atoms with Gasteiger partial charge in [0.2, 0.25) is 0 Å². The van der Waals surface area contributed by atoms with Gasteiger partial charge in [-0.1, -0.05) is 188 Å². The molecule has 0 aromatic heterocycles. The first kappa shape index (κ1) is 32.1. The molecule has 3 aliphatic rings. The summed E-state index contributed by atoms with van der Waals surface area (Å²) >= 11 is 0. The van der Waals surface area contributed by atoms with E-state index in [1.807, 2.05) is 0 Å². The summed E-state index contributed by atoms with van der Waals surface area (Å²) in [6, 6.07) is 68.8. The predicted molar refractivity (Wildman–Crippen MR) is 238 cm³/mol. The Hall–Kier alpha value is -7.22. The smallest absolute Gasteiger partial charge is 0.128 e. The number of rotatable bonds is 5. The summed E-state index contributed by atoms with van der Waals surface area (Å²) in [5.74, 6) is 1.14. The van der Waals surface area contributed by atoms with Gasteiger partial charge in [0, 0.05) is 11.5 Å². The predicted octanol–water partition coefficient (Wildman–Crippen LogP) is 14.8. The number of allylic oxidation sites excluding steroid dienone is 2. The van der Waals surface area contributed by atoms with Gasteiger partial charge in [-0.15, -0.1) is 0 Å². The van der Waals surface area contributed by atoms with Crippen LogP contribution in [0.15, 0.2) is 206 Å². The third-order valence-corrected chi connectivity index (χ3v) is 12.3. The Kier molecular flexibility index (Phi) is 7.12. The fourth-order valence-electron chi connectivity index (χ4n) is 9.83. The minimum Gasteiger partial charge on any atom is -0.485 e. The highest BCUT2D eigenvalue weighted by atomic mass is 16.5. The largest absolute Gasteiger partial charge is 0.485 e. The third-order valence-electron chi connectivity index (χ3n) is 12.3. The van der Waals surface area contributed by atoms with Crippen LogP contribution >= 0.6 is 0 Å². The normalized spacial score (nSPS) is 15.9. The molecular weight excluding hydrogens is 689 g/mol. The SMILES string of the molecule is C1=CC2Oc3cc(-c4ccc5c6c(cccc46)-c4c-5c(-c5ccccc5)c5ccccc5c4-c4ccccc4)ccc3C2C=C1c1cccc(-c2ccccc2)c1. The van der Waals surface area contributed by atoms with Crippen LogP contribution in [-0.4, -0.2) is 6.10 Å². The molecule has 9 aromatic carbocycles. The van der Waals surface area contributed by atoms with Gasteiger partial charge in [-0.2, -0.15) is 0 Å². The van der Waals surface area contributed by atoms with Gasteiger partial charge in [0.05, 0.1) is 0 Å². The maximum Gasteiger partial charge on any atom is 0.128 e. The van der Waals surface area contributed by atoms with Gasteiger partial charge in [-0.05, 0) is 118 Å². The Morgan fingerprint density at radius 1 is 0.368 bits per heavy atom. The van der Waals surface area contributed by atoms with Crippen molar-refractivity contribution in [1.29, 1.82) is 0 Å². The molecular formula is C56H36O. The lowest BCUT2D eigenvalue weighted by Crippen LogP contribution is -2.16. The van der Waals surface area contributed by atoms with Crippen LogP contribution in [0.1, 0.15) is 17.0 Å². The maximum atomic E-state index is 6.71. The Balaban J connectivity index is 0.994. The maximum absolute atomic E-state index is 6.71. The van der Waals surface area contributed by atoms with E-state index in [1.165, 1.54) is 105 Å². The van der Waals surface area contributed by atoms with Crippen LogP contribution in [-0.2, 0) is 0 Å². The summed E-state index contributed by atoms with van der Waals surface area (Å²) < 4.78 is 6.71. The van der Waals surface area contributed by atoms with E-state index < -0.39 is 0 Å². The second-order valence-electron chi connectivity index (χ2n) is 15.5. The second kappa shape index (κ2) is 12.7. The average Bonchev–Trinajstić information content (AvgIpc) is 3.82. The molecule has 2 unspecified atom stereocenters. The number of fused-ring (bicyclic) bond motifs is 7. The Morgan fingerprint density at radius 3 is 1.63 bits per heavy atom. The zero-order chi connectivity index (χ0) is 37.5. The van der Waals surface area contributed by atoms with Gasteiger partial charge in [-0.25, -0.2) is 0 Å². The van der Waals surface area contributed by atoms with Crippen molar-refractivity contribution >= 4 is 27.1 Å². The van der Waals surface area contributed by atoms with Gasteiger partial charge in [0.1, 0.15) is 11.9 Å². The topological polar surface area (TPSA) is 9.23 Å². The van der Waals surface area contributed by atoms with Crippen molar-refractivity contribution in [1.82, 2.24) is 0 Å². The first-order valence-electron chi connectivity index (χ1n) is 19.9. The van der Waals surface area contributed by atoms with Crippen LogP contribution in [0.5, 0.6) is 5.75 Å². The molecule has 2 aliphatic carbocycles. The van der Waals surface area contributed by atoms with E-state index in [-0.39, 0.29) is 12.0 Å². The molecule has 1 heteroatoms. The van der Waals surface area contributed by atoms with Gasteiger partial charge >= 0.3 is 0 Å². The van der Waals surface area contributed by atoms with E-state index in [9.17, 15) is 0 Å². The van der Waals surface area contributed by atoms with Gasteiger partial charge in [-0.3, -0.25) is 0 Å². The van der Waals surface area contributed by atoms with Gasteiger partial charge < -0.3 is 4.74 Å². The van der Waals surface area contributed by atoms with Crippen LogP contribution in [0.25, 0.3) is 93.9 Å². The lowest BCUT2D eigenvalue weighted by atomic mass is 9.82. The van der Waals surface area contributed by atoms with Crippen molar-refractivity contribution in [3.8, 4) is 72.5 Å². The molecule has 1 nitrogen and oxygen atoms in total. The Labute approximate surface area is 332 Å². The van der Waals surface area contributed by atoms with E-state index >= 15 is 0 Å². The fourth-order valence-corrected chi connectivity index (χ4v) is 9.83. The molecule has 0 N–H and O–H groups in total. The number of benzene rings is 9. The molecule has 9 aromatic rings. The molecule has 2 atom stereocenters. The van der Waals surface area contributed by atoms with Crippen LogP contribution in [0.3, 0.4) is 0 Å². The molecule has 0 bridgehead atoms. The van der Waals surface area contributed by atoms with Crippen LogP contribution in [0.4, 0.5) is 0 Å². The molecule has 12 rings (SSSR count). The molecule has 0 saturated carbocycles. The van der Waals surface area contributed by atoms with E-state index in [4.69, 9.17) is 4.74 Å². The summed E-state index contributed by atoms with van der Waals surface area (Å²) in [6.07, 6.45) is 6.86. The van der Waals surface area contributed by atoms with E-state index in [0.29, 0.717) is 0 Å². The van der Waals surface area contributed by atoms with E-state index in [1.54, 1.807) is 0 Å². The molecule has 57 heavy (non-hydrogen) atoms. The number of hydrogen-bond donors (Lipinski definition) is 0. The molecule has 0 spiro atoms. The van der Waals surface area contributed by atoms with Crippen LogP contribution in [0.2, 0.25) is 0 Å². The van der Waals surface area contributed by atoms with Gasteiger partial charge in [0.25, 0.3) is 0 Å². The molecule has 0 amide bonds. The summed E-state index contributed by atoms with van der Waals surface area (Å²) in [7, 11) is 0. The van der Waals surface area contributed by atoms with Crippen LogP contribution in [0, 0.1) is 0 Å². The molecule has 0 saturated heterocycles. The standard InChI is InChI=1S/C56H36O/c1-4-14-35(15-5-1)38-20-12-21-39(32-38)40-27-31-50-49(33-40)43-28-26-41(34-51(43)57-50)42-29-30-48-54-44(42)24-13-25-47(54)55-52(36-16-6-2-7-17-36)45-22-10-11-23-46(45)53(56(48)55)37-18-8-3-9-19-37/h1-34,49-50H. The molecule has 266 valence electrons. The minimum absolute atomic E-state index is 0.0134. The quantitative estimate of drug-likeness (QED) is 0.172. The zero-order valence-corrected chi connectivity index (χ0v) is 31.2. The minimum atomic E-state index is -0.0134. The van der Waals surface area contributed by atoms with Crippen molar-refractivity contribution in [2.24, 2.45) is 0 Å². The first-order chi connectivity index (χ1) is 28.3. The summed E-state index contributed by atoms with van der Waals surface area (Å²) in [6.45, 7) is 0. The second-order valence-corrected chi connectivity index (χ2v) is 15.5. The van der Waals surface area contributed by atoms with E-state index in [0.717, 1.165) is 5.75 Å². The first-order valence-corrected chi connectivity index (χ1v) is 19.9. The molecule has 1 aliphatic heterocycles. The van der Waals surface area contributed by atoms with Crippen molar-refractivity contribution < 1.29 is 4.74 Å². The fraction of sp³-hybridized carbons (Fsp3) is 0.0357. The third kappa shape index (κ3) is 4.95. The van der Waals surface area contributed by atoms with Crippen molar-refractivity contribution in [2.75, 3.05) is 0 Å². The lowest BCUT2D eigenvalue weighted by Gasteiger charge is -2.20. The van der Waals surface area contributed by atoms with Crippen LogP contribution < -0.4 is 4.74 Å². The van der Waals surface area contributed by atoms with Crippen molar-refractivity contribution in [3.05, 3.63) is 217 Å². The highest BCUT2D eigenvalue weighted by molar-refractivity contribution is 6.28. The number of hydrogen-bond acceptors (Lipinski definition) is 1. The summed E-state index contributed by atoms with van der Waals surface area (Å²) in [5.41, 5.74) is 18.9. The Bertz CT molecular complexity index is 3040. The molecule has 1 heterocycles. The highest BCUT2D eigenvalue weighted by Gasteiger charge is 2.35.